The smallest absolute Gasteiger partial charge is 0.204 e. The first kappa shape index (κ1) is 11.3. The molecular formula is C14H18N2O2. The van der Waals surface area contributed by atoms with Crippen LogP contribution in [0, 0.1) is 5.92 Å². The van der Waals surface area contributed by atoms with Gasteiger partial charge in [-0.25, -0.2) is 0 Å². The predicted molar refractivity (Wildman–Crippen MR) is 69.8 cm³/mol. The molecule has 2 fully saturated rings. The fourth-order valence-electron chi connectivity index (χ4n) is 3.24. The van der Waals surface area contributed by atoms with Gasteiger partial charge in [0, 0.05) is 25.2 Å². The van der Waals surface area contributed by atoms with Gasteiger partial charge in [-0.2, -0.15) is 0 Å². The van der Waals surface area contributed by atoms with Crippen molar-refractivity contribution in [2.24, 2.45) is 5.92 Å². The zero-order chi connectivity index (χ0) is 12.9. The van der Waals surface area contributed by atoms with Crippen LogP contribution >= 0.6 is 0 Å². The number of hydrogen-bond acceptors (Lipinski definition) is 3. The summed E-state index contributed by atoms with van der Waals surface area (Å²) in [5, 5.41) is 3.29. The molecular weight excluding hydrogens is 228 g/mol. The van der Waals surface area contributed by atoms with Gasteiger partial charge >= 0.3 is 0 Å². The van der Waals surface area contributed by atoms with Crippen molar-refractivity contribution in [2.75, 3.05) is 6.54 Å². The Labute approximate surface area is 107 Å². The Bertz CT molecular complexity index is 576. The van der Waals surface area contributed by atoms with Gasteiger partial charge in [0.05, 0.1) is 11.4 Å². The van der Waals surface area contributed by atoms with Crippen LogP contribution in [0.25, 0.3) is 0 Å². The molecule has 2 atom stereocenters. The van der Waals surface area contributed by atoms with Crippen LogP contribution in [0.4, 0.5) is 0 Å². The molecule has 1 saturated carbocycles. The Balaban J connectivity index is 0.000000426. The first-order valence-electron chi connectivity index (χ1n) is 6.45. The second kappa shape index (κ2) is 3.57. The molecule has 1 spiro atoms. The van der Waals surface area contributed by atoms with Gasteiger partial charge in [0.1, 0.15) is 0 Å². The fraction of sp³-hybridized carbons (Fsp3) is 0.429. The number of carbonyl (C=O) groups excluding carboxylic acids is 2. The summed E-state index contributed by atoms with van der Waals surface area (Å²) in [6.45, 7) is 4.94. The van der Waals surface area contributed by atoms with E-state index in [1.165, 1.54) is 0 Å². The third-order valence-corrected chi connectivity index (χ3v) is 4.09. The number of allylic oxidation sites excluding steroid dienone is 2. The van der Waals surface area contributed by atoms with Gasteiger partial charge in [-0.15, -0.1) is 0 Å². The van der Waals surface area contributed by atoms with Crippen LogP contribution in [0.3, 0.4) is 0 Å². The van der Waals surface area contributed by atoms with Gasteiger partial charge in [0.15, 0.2) is 6.29 Å². The molecule has 0 aromatic carbocycles. The van der Waals surface area contributed by atoms with Crippen LogP contribution < -0.4 is 5.32 Å². The maximum atomic E-state index is 11.9. The molecule has 4 nitrogen and oxygen atoms in total. The number of carbonyl (C=O) groups is 2. The number of aromatic nitrogens is 1. The Kier molecular flexibility index (Phi) is 2.24. The lowest BCUT2D eigenvalue weighted by molar-refractivity contribution is 0.103. The first-order valence-corrected chi connectivity index (χ1v) is 6.45. The Morgan fingerprint density at radius 2 is 2.28 bits per heavy atom. The molecule has 0 radical (unpaired) electrons. The third-order valence-electron chi connectivity index (χ3n) is 4.09. The summed E-state index contributed by atoms with van der Waals surface area (Å²) < 4.78 is 0. The molecule has 1 aromatic heterocycles. The number of piperidine rings is 1. The molecule has 2 heterocycles. The number of ketones is 1. The third kappa shape index (κ3) is 1.15. The Morgan fingerprint density at radius 1 is 1.50 bits per heavy atom. The second-order valence-corrected chi connectivity index (χ2v) is 4.81. The highest BCUT2D eigenvalue weighted by molar-refractivity contribution is 6.08. The van der Waals surface area contributed by atoms with Crippen LogP contribution in [0.5, 0.6) is 0 Å². The standard InChI is InChI=1S/C12H10N2O2.C2H6.H2/c15-5-7-1-8-11(14-7)9(16)2-10-12(8)3-6(12)4-13-10;1-2;/h1-2,5-6,13-14H,3-4H2;1-2H3;1H. The van der Waals surface area contributed by atoms with Crippen LogP contribution in [0.15, 0.2) is 17.8 Å². The van der Waals surface area contributed by atoms with Crippen molar-refractivity contribution in [3.63, 3.8) is 0 Å². The van der Waals surface area contributed by atoms with E-state index in [0.717, 1.165) is 30.5 Å². The minimum atomic E-state index is -0.0243. The van der Waals surface area contributed by atoms with Gasteiger partial charge in [-0.1, -0.05) is 13.8 Å². The lowest BCUT2D eigenvalue weighted by Crippen LogP contribution is -2.24. The van der Waals surface area contributed by atoms with E-state index in [0.29, 0.717) is 17.3 Å². The molecule has 1 aliphatic heterocycles. The van der Waals surface area contributed by atoms with Crippen molar-refractivity contribution in [2.45, 2.75) is 25.7 Å². The van der Waals surface area contributed by atoms with E-state index in [2.05, 4.69) is 10.3 Å². The zero-order valence-corrected chi connectivity index (χ0v) is 10.5. The minimum absolute atomic E-state index is 0. The number of H-pyrrole nitrogens is 1. The number of hydrogen-bond donors (Lipinski definition) is 2. The molecule has 0 bridgehead atoms. The topological polar surface area (TPSA) is 62.0 Å². The predicted octanol–water partition coefficient (Wildman–Crippen LogP) is 2.04. The SMILES string of the molecule is CC.O=Cc1cc2c([nH]1)C(=O)C=C1NCC3CC123.[HH]. The summed E-state index contributed by atoms with van der Waals surface area (Å²) in [4.78, 5) is 25.5. The number of rotatable bonds is 1. The van der Waals surface area contributed by atoms with E-state index in [1.54, 1.807) is 6.08 Å². The van der Waals surface area contributed by atoms with E-state index >= 15 is 0 Å². The van der Waals surface area contributed by atoms with Gasteiger partial charge in [0.25, 0.3) is 0 Å². The number of nitrogens with one attached hydrogen (secondary N) is 2. The molecule has 3 aliphatic rings. The highest BCUT2D eigenvalue weighted by Crippen LogP contribution is 2.63. The molecule has 1 saturated heterocycles. The Morgan fingerprint density at radius 3 is 2.94 bits per heavy atom. The molecule has 18 heavy (non-hydrogen) atoms. The monoisotopic (exact) mass is 246 g/mol. The van der Waals surface area contributed by atoms with Crippen molar-refractivity contribution in [1.29, 1.82) is 0 Å². The van der Waals surface area contributed by atoms with Gasteiger partial charge in [0.2, 0.25) is 5.78 Å². The first-order chi connectivity index (χ1) is 8.75. The van der Waals surface area contributed by atoms with Crippen molar-refractivity contribution < 1.29 is 11.0 Å². The van der Waals surface area contributed by atoms with Gasteiger partial charge in [-0.3, -0.25) is 9.59 Å². The number of fused-ring (bicyclic) bond motifs is 1. The maximum Gasteiger partial charge on any atom is 0.204 e. The van der Waals surface area contributed by atoms with Crippen LogP contribution in [0.2, 0.25) is 0 Å². The van der Waals surface area contributed by atoms with Crippen molar-refractivity contribution in [1.82, 2.24) is 10.3 Å². The highest BCUT2D eigenvalue weighted by Gasteiger charge is 2.64. The number of aldehydes is 1. The van der Waals surface area contributed by atoms with Gasteiger partial charge in [-0.05, 0) is 24.0 Å². The quantitative estimate of drug-likeness (QED) is 0.745. The summed E-state index contributed by atoms with van der Waals surface area (Å²) >= 11 is 0. The molecule has 1 aromatic rings. The van der Waals surface area contributed by atoms with Crippen LogP contribution in [-0.2, 0) is 5.41 Å². The molecule has 4 heteroatoms. The lowest BCUT2D eigenvalue weighted by Gasteiger charge is -2.20. The van der Waals surface area contributed by atoms with Crippen LogP contribution in [-0.4, -0.2) is 23.6 Å². The summed E-state index contributed by atoms with van der Waals surface area (Å²) in [6, 6.07) is 1.83. The van der Waals surface area contributed by atoms with Gasteiger partial charge < -0.3 is 10.3 Å². The van der Waals surface area contributed by atoms with E-state index in [1.807, 2.05) is 19.9 Å². The van der Waals surface area contributed by atoms with E-state index in [4.69, 9.17) is 0 Å². The average Bonchev–Trinajstić information content (AvgIpc) is 2.80. The molecule has 96 valence electrons. The lowest BCUT2D eigenvalue weighted by atomic mass is 9.86. The summed E-state index contributed by atoms with van der Waals surface area (Å²) in [6.07, 6.45) is 3.55. The summed E-state index contributed by atoms with van der Waals surface area (Å²) in [5.74, 6) is 0.574. The molecule has 2 unspecified atom stereocenters. The van der Waals surface area contributed by atoms with E-state index in [9.17, 15) is 9.59 Å². The van der Waals surface area contributed by atoms with Crippen LogP contribution in [0.1, 0.15) is 48.2 Å². The Hall–Kier alpha value is -1.84. The van der Waals surface area contributed by atoms with E-state index in [-0.39, 0.29) is 12.6 Å². The zero-order valence-electron chi connectivity index (χ0n) is 10.5. The normalized spacial score (nSPS) is 30.0. The fourth-order valence-corrected chi connectivity index (χ4v) is 3.24. The minimum Gasteiger partial charge on any atom is -0.387 e. The van der Waals surface area contributed by atoms with Crippen molar-refractivity contribution in [3.8, 4) is 0 Å². The molecule has 0 amide bonds. The van der Waals surface area contributed by atoms with Crippen molar-refractivity contribution >= 4 is 12.1 Å². The maximum absolute atomic E-state index is 11.9. The summed E-state index contributed by atoms with van der Waals surface area (Å²) in [5.41, 5.74) is 3.21. The molecule has 2 N–H and O–H groups in total. The molecule has 2 aliphatic carbocycles. The van der Waals surface area contributed by atoms with E-state index < -0.39 is 0 Å². The summed E-state index contributed by atoms with van der Waals surface area (Å²) in [7, 11) is 0. The molecule has 4 rings (SSSR count). The number of aromatic amines is 1. The second-order valence-electron chi connectivity index (χ2n) is 4.81. The van der Waals surface area contributed by atoms with Crippen molar-refractivity contribution in [3.05, 3.63) is 34.8 Å². The highest BCUT2D eigenvalue weighted by atomic mass is 16.1. The average molecular weight is 246 g/mol. The largest absolute Gasteiger partial charge is 0.387 e.